The minimum absolute atomic E-state index is 0.132. The summed E-state index contributed by atoms with van der Waals surface area (Å²) in [6.07, 6.45) is 4.67. The lowest BCUT2D eigenvalue weighted by atomic mass is 10.3. The van der Waals surface area contributed by atoms with Gasteiger partial charge in [0.25, 0.3) is 0 Å². The minimum Gasteiger partial charge on any atom is -0.249 e. The Kier molecular flexibility index (Phi) is 2.82. The molecule has 0 saturated heterocycles. The highest BCUT2D eigenvalue weighted by Crippen LogP contribution is 2.02. The van der Waals surface area contributed by atoms with E-state index >= 15 is 0 Å². The van der Waals surface area contributed by atoms with Gasteiger partial charge in [0.1, 0.15) is 0 Å². The van der Waals surface area contributed by atoms with Gasteiger partial charge in [-0.05, 0) is 12.0 Å². The molecule has 1 aromatic rings. The predicted molar refractivity (Wildman–Crippen MR) is 47.2 cm³/mol. The standard InChI is InChI=1S/C7H9FN2O2S/c1-2-10-6-7(5-9-10)3-4-13(8,11)12/h2,5-6H,1,3-4H2. The van der Waals surface area contributed by atoms with E-state index in [9.17, 15) is 12.3 Å². The third kappa shape index (κ3) is 3.37. The van der Waals surface area contributed by atoms with Crippen molar-refractivity contribution in [2.24, 2.45) is 0 Å². The zero-order chi connectivity index (χ0) is 9.90. The van der Waals surface area contributed by atoms with E-state index in [4.69, 9.17) is 0 Å². The molecule has 6 heteroatoms. The van der Waals surface area contributed by atoms with Gasteiger partial charge in [0.15, 0.2) is 0 Å². The van der Waals surface area contributed by atoms with Crippen LogP contribution < -0.4 is 0 Å². The van der Waals surface area contributed by atoms with Gasteiger partial charge in [0.05, 0.1) is 11.9 Å². The van der Waals surface area contributed by atoms with Gasteiger partial charge >= 0.3 is 10.2 Å². The molecule has 0 radical (unpaired) electrons. The van der Waals surface area contributed by atoms with Gasteiger partial charge in [0.2, 0.25) is 0 Å². The van der Waals surface area contributed by atoms with E-state index in [-0.39, 0.29) is 6.42 Å². The molecule has 0 aromatic carbocycles. The summed E-state index contributed by atoms with van der Waals surface area (Å²) in [6, 6.07) is 0. The molecule has 0 unspecified atom stereocenters. The maximum Gasteiger partial charge on any atom is 0.302 e. The van der Waals surface area contributed by atoms with E-state index in [1.54, 1.807) is 6.20 Å². The van der Waals surface area contributed by atoms with E-state index in [1.807, 2.05) is 0 Å². The van der Waals surface area contributed by atoms with E-state index < -0.39 is 16.0 Å². The topological polar surface area (TPSA) is 52.0 Å². The lowest BCUT2D eigenvalue weighted by Gasteiger charge is -1.91. The number of rotatable bonds is 4. The lowest BCUT2D eigenvalue weighted by Crippen LogP contribution is -2.01. The molecule has 13 heavy (non-hydrogen) atoms. The minimum atomic E-state index is -4.38. The molecule has 0 atom stereocenters. The fraction of sp³-hybridized carbons (Fsp3) is 0.286. The first-order chi connectivity index (χ1) is 6.01. The summed E-state index contributed by atoms with van der Waals surface area (Å²) in [5.74, 6) is -0.504. The Morgan fingerprint density at radius 1 is 1.69 bits per heavy atom. The van der Waals surface area contributed by atoms with Crippen molar-refractivity contribution in [3.8, 4) is 0 Å². The lowest BCUT2D eigenvalue weighted by molar-refractivity contribution is 0.551. The van der Waals surface area contributed by atoms with Crippen LogP contribution in [0.2, 0.25) is 0 Å². The Balaban J connectivity index is 2.60. The van der Waals surface area contributed by atoms with Gasteiger partial charge in [-0.2, -0.15) is 13.5 Å². The Bertz CT molecular complexity index is 396. The third-order valence-electron chi connectivity index (χ3n) is 1.48. The van der Waals surface area contributed by atoms with Crippen LogP contribution in [0.4, 0.5) is 3.89 Å². The van der Waals surface area contributed by atoms with Crippen molar-refractivity contribution in [3.05, 3.63) is 24.5 Å². The van der Waals surface area contributed by atoms with Crippen molar-refractivity contribution in [1.29, 1.82) is 0 Å². The van der Waals surface area contributed by atoms with E-state index in [1.165, 1.54) is 17.1 Å². The van der Waals surface area contributed by atoms with Crippen LogP contribution in [0.5, 0.6) is 0 Å². The van der Waals surface area contributed by atoms with Gasteiger partial charge in [-0.3, -0.25) is 0 Å². The summed E-state index contributed by atoms with van der Waals surface area (Å²) >= 11 is 0. The monoisotopic (exact) mass is 204 g/mol. The fourth-order valence-electron chi connectivity index (χ4n) is 0.846. The molecule has 1 rings (SSSR count). The van der Waals surface area contributed by atoms with Crippen molar-refractivity contribution in [3.63, 3.8) is 0 Å². The van der Waals surface area contributed by atoms with Gasteiger partial charge in [0, 0.05) is 12.4 Å². The maximum atomic E-state index is 12.1. The third-order valence-corrected chi connectivity index (χ3v) is 2.17. The van der Waals surface area contributed by atoms with Gasteiger partial charge in [-0.15, -0.1) is 3.89 Å². The first-order valence-electron chi connectivity index (χ1n) is 3.59. The van der Waals surface area contributed by atoms with Crippen LogP contribution in [0.25, 0.3) is 6.20 Å². The van der Waals surface area contributed by atoms with E-state index in [0.29, 0.717) is 5.56 Å². The van der Waals surface area contributed by atoms with Gasteiger partial charge < -0.3 is 0 Å². The number of aryl methyl sites for hydroxylation is 1. The molecule has 0 bridgehead atoms. The highest BCUT2D eigenvalue weighted by atomic mass is 32.3. The van der Waals surface area contributed by atoms with Crippen LogP contribution in [0, 0.1) is 0 Å². The molecule has 72 valence electrons. The van der Waals surface area contributed by atoms with Crippen LogP contribution in [-0.2, 0) is 16.6 Å². The molecule has 0 fully saturated rings. The molecule has 0 aliphatic heterocycles. The van der Waals surface area contributed by atoms with Crippen LogP contribution in [-0.4, -0.2) is 24.0 Å². The molecule has 0 amide bonds. The number of hydrogen-bond acceptors (Lipinski definition) is 3. The van der Waals surface area contributed by atoms with Crippen LogP contribution in [0.15, 0.2) is 19.0 Å². The number of nitrogens with zero attached hydrogens (tertiary/aromatic N) is 2. The van der Waals surface area contributed by atoms with E-state index in [0.717, 1.165) is 0 Å². The molecular weight excluding hydrogens is 195 g/mol. The predicted octanol–water partition coefficient (Wildman–Crippen LogP) is 0.825. The average molecular weight is 204 g/mol. The fourth-order valence-corrected chi connectivity index (χ4v) is 1.33. The summed E-state index contributed by atoms with van der Waals surface area (Å²) in [4.78, 5) is 0. The second-order valence-corrected chi connectivity index (χ2v) is 3.99. The van der Waals surface area contributed by atoms with Crippen molar-refractivity contribution < 1.29 is 12.3 Å². The largest absolute Gasteiger partial charge is 0.302 e. The molecule has 0 N–H and O–H groups in total. The van der Waals surface area contributed by atoms with E-state index in [2.05, 4.69) is 11.7 Å². The molecule has 0 saturated carbocycles. The molecule has 1 aromatic heterocycles. The van der Waals surface area contributed by atoms with Crippen LogP contribution in [0.1, 0.15) is 5.56 Å². The van der Waals surface area contributed by atoms with Crippen molar-refractivity contribution in [1.82, 2.24) is 9.78 Å². The Hall–Kier alpha value is -1.17. The van der Waals surface area contributed by atoms with Gasteiger partial charge in [-0.25, -0.2) is 4.68 Å². The zero-order valence-corrected chi connectivity index (χ0v) is 7.67. The second kappa shape index (κ2) is 3.69. The van der Waals surface area contributed by atoms with Crippen molar-refractivity contribution >= 4 is 16.4 Å². The molecule has 0 aliphatic carbocycles. The molecule has 0 aliphatic rings. The average Bonchev–Trinajstić information content (AvgIpc) is 2.47. The SMILES string of the molecule is C=Cn1cc(CCS(=O)(=O)F)cn1. The van der Waals surface area contributed by atoms with Crippen molar-refractivity contribution in [2.45, 2.75) is 6.42 Å². The Morgan fingerprint density at radius 2 is 2.38 bits per heavy atom. The van der Waals surface area contributed by atoms with Gasteiger partial charge in [-0.1, -0.05) is 6.58 Å². The summed E-state index contributed by atoms with van der Waals surface area (Å²) in [5.41, 5.74) is 0.668. The highest BCUT2D eigenvalue weighted by molar-refractivity contribution is 7.86. The normalized spacial score (nSPS) is 11.5. The quantitative estimate of drug-likeness (QED) is 0.682. The number of aromatic nitrogens is 2. The van der Waals surface area contributed by atoms with Crippen molar-refractivity contribution in [2.75, 3.05) is 5.75 Å². The molecule has 4 nitrogen and oxygen atoms in total. The smallest absolute Gasteiger partial charge is 0.249 e. The Labute approximate surface area is 75.9 Å². The summed E-state index contributed by atoms with van der Waals surface area (Å²) in [5, 5.41) is 3.82. The highest BCUT2D eigenvalue weighted by Gasteiger charge is 2.07. The zero-order valence-electron chi connectivity index (χ0n) is 6.85. The maximum absolute atomic E-state index is 12.1. The molecule has 1 heterocycles. The first kappa shape index (κ1) is 9.91. The number of hydrogen-bond donors (Lipinski definition) is 0. The van der Waals surface area contributed by atoms with Crippen LogP contribution >= 0.6 is 0 Å². The molecule has 0 spiro atoms. The summed E-state index contributed by atoms with van der Waals surface area (Å²) in [6.45, 7) is 3.46. The second-order valence-electron chi connectivity index (χ2n) is 2.50. The molecular formula is C7H9FN2O2S. The summed E-state index contributed by atoms with van der Waals surface area (Å²) < 4.78 is 33.9. The van der Waals surface area contributed by atoms with Crippen LogP contribution in [0.3, 0.4) is 0 Å². The Morgan fingerprint density at radius 3 is 2.85 bits per heavy atom. The summed E-state index contributed by atoms with van der Waals surface area (Å²) in [7, 11) is -4.38. The first-order valence-corrected chi connectivity index (χ1v) is 5.14. The number of halogens is 1.